The molecule has 1 aliphatic carbocycles. The Kier molecular flexibility index (Phi) is 6.24. The van der Waals surface area contributed by atoms with Crippen LogP contribution in [0, 0.1) is 0 Å². The molecule has 3 heteroatoms. The van der Waals surface area contributed by atoms with Gasteiger partial charge in [0, 0.05) is 36.8 Å². The fourth-order valence-electron chi connectivity index (χ4n) is 6.73. The Balaban J connectivity index is 1.17. The number of likely N-dealkylation sites (tertiary alicyclic amines) is 1. The summed E-state index contributed by atoms with van der Waals surface area (Å²) in [7, 11) is 0. The van der Waals surface area contributed by atoms with Crippen molar-refractivity contribution in [2.45, 2.75) is 43.9 Å². The van der Waals surface area contributed by atoms with Crippen LogP contribution in [0.25, 0.3) is 22.0 Å². The fourth-order valence-corrected chi connectivity index (χ4v) is 6.73. The molecule has 38 heavy (non-hydrogen) atoms. The van der Waals surface area contributed by atoms with Gasteiger partial charge in [-0.2, -0.15) is 0 Å². The molecule has 1 aromatic heterocycles. The first kappa shape index (κ1) is 23.3. The second-order valence-corrected chi connectivity index (χ2v) is 10.7. The van der Waals surface area contributed by atoms with Crippen molar-refractivity contribution in [1.82, 2.24) is 15.2 Å². The highest BCUT2D eigenvalue weighted by atomic mass is 15.2. The van der Waals surface area contributed by atoms with Crippen LogP contribution in [0.3, 0.4) is 0 Å². The lowest BCUT2D eigenvalue weighted by molar-refractivity contribution is 0.0947. The molecule has 5 aromatic rings. The number of hydrogen-bond donors (Lipinski definition) is 1. The van der Waals surface area contributed by atoms with Gasteiger partial charge in [-0.15, -0.1) is 0 Å². The topological polar surface area (TPSA) is 28.2 Å². The lowest BCUT2D eigenvalue weighted by Gasteiger charge is -2.44. The molecule has 0 radical (unpaired) electrons. The predicted molar refractivity (Wildman–Crippen MR) is 156 cm³/mol. The average molecular weight is 496 g/mol. The second-order valence-electron chi connectivity index (χ2n) is 10.7. The van der Waals surface area contributed by atoms with Crippen LogP contribution in [-0.4, -0.2) is 28.5 Å². The van der Waals surface area contributed by atoms with E-state index in [1.807, 2.05) is 6.20 Å². The highest BCUT2D eigenvalue weighted by Crippen LogP contribution is 2.48. The van der Waals surface area contributed by atoms with Crippen molar-refractivity contribution in [3.8, 4) is 11.1 Å². The lowest BCUT2D eigenvalue weighted by Crippen LogP contribution is -2.50. The minimum atomic E-state index is 0.321. The van der Waals surface area contributed by atoms with Crippen molar-refractivity contribution < 1.29 is 0 Å². The Morgan fingerprint density at radius 2 is 1.42 bits per heavy atom. The zero-order valence-corrected chi connectivity index (χ0v) is 21.6. The first-order chi connectivity index (χ1) is 18.8. The van der Waals surface area contributed by atoms with E-state index in [2.05, 4.69) is 124 Å². The maximum Gasteiger partial charge on any atom is 0.0705 e. The molecule has 7 rings (SSSR count). The summed E-state index contributed by atoms with van der Waals surface area (Å²) in [6.07, 6.45) is 5.29. The van der Waals surface area contributed by atoms with Crippen molar-refractivity contribution in [1.29, 1.82) is 0 Å². The molecule has 0 spiro atoms. The summed E-state index contributed by atoms with van der Waals surface area (Å²) in [6.45, 7) is 1.96. The van der Waals surface area contributed by atoms with E-state index in [9.17, 15) is 0 Å². The zero-order valence-electron chi connectivity index (χ0n) is 21.6. The van der Waals surface area contributed by atoms with Gasteiger partial charge >= 0.3 is 0 Å². The average Bonchev–Trinajstić information content (AvgIpc) is 3.31. The van der Waals surface area contributed by atoms with E-state index in [1.165, 1.54) is 38.8 Å². The summed E-state index contributed by atoms with van der Waals surface area (Å²) in [6, 6.07) is 41.0. The van der Waals surface area contributed by atoms with E-state index < -0.39 is 0 Å². The van der Waals surface area contributed by atoms with Crippen LogP contribution in [0.5, 0.6) is 0 Å². The van der Waals surface area contributed by atoms with E-state index in [0.717, 1.165) is 37.9 Å². The fraction of sp³-hybridized carbons (Fsp3) is 0.229. The van der Waals surface area contributed by atoms with Gasteiger partial charge in [-0.05, 0) is 64.8 Å². The molecule has 188 valence electrons. The third-order valence-corrected chi connectivity index (χ3v) is 8.53. The van der Waals surface area contributed by atoms with Gasteiger partial charge in [-0.25, -0.2) is 0 Å². The summed E-state index contributed by atoms with van der Waals surface area (Å²) in [5.41, 5.74) is 9.54. The largest absolute Gasteiger partial charge is 0.310 e. The molecule has 1 saturated heterocycles. The van der Waals surface area contributed by atoms with Crippen molar-refractivity contribution in [3.63, 3.8) is 0 Å². The van der Waals surface area contributed by atoms with Crippen molar-refractivity contribution in [3.05, 3.63) is 138 Å². The summed E-state index contributed by atoms with van der Waals surface area (Å²) < 4.78 is 0. The molecule has 1 aliphatic heterocycles. The Hall–Kier alpha value is -3.79. The first-order valence-electron chi connectivity index (χ1n) is 13.9. The predicted octanol–water partition coefficient (Wildman–Crippen LogP) is 7.17. The number of aromatic nitrogens is 1. The second kappa shape index (κ2) is 10.2. The van der Waals surface area contributed by atoms with Gasteiger partial charge in [0.25, 0.3) is 0 Å². The Morgan fingerprint density at radius 3 is 2.21 bits per heavy atom. The number of hydrogen-bond acceptors (Lipinski definition) is 3. The van der Waals surface area contributed by atoms with Crippen LogP contribution in [0.1, 0.15) is 41.1 Å². The molecular weight excluding hydrogens is 462 g/mol. The highest BCUT2D eigenvalue weighted by molar-refractivity contribution is 5.81. The minimum absolute atomic E-state index is 0.321. The minimum Gasteiger partial charge on any atom is -0.310 e. The lowest BCUT2D eigenvalue weighted by atomic mass is 9.88. The van der Waals surface area contributed by atoms with E-state index >= 15 is 0 Å². The van der Waals surface area contributed by atoms with E-state index in [4.69, 9.17) is 0 Å². The smallest absolute Gasteiger partial charge is 0.0705 e. The maximum atomic E-state index is 4.55. The van der Waals surface area contributed by atoms with Crippen molar-refractivity contribution in [2.75, 3.05) is 6.54 Å². The molecule has 2 heterocycles. The molecule has 3 nitrogen and oxygen atoms in total. The third-order valence-electron chi connectivity index (χ3n) is 8.53. The monoisotopic (exact) mass is 495 g/mol. The summed E-state index contributed by atoms with van der Waals surface area (Å²) >= 11 is 0. The van der Waals surface area contributed by atoms with Crippen molar-refractivity contribution in [2.24, 2.45) is 0 Å². The number of fused-ring (bicyclic) bond motifs is 4. The standard InChI is InChI=1S/C35H33N3/c1-2-10-25(11-3-1)22-28-23-27(37-24-26-18-20-36-34-17-9-8-12-29(26)34)19-21-38(28)35-32-15-6-4-13-30(32)31-14-5-7-16-33(31)35/h1-18,20,27-28,35,37H,19,21-24H2/t27-,28+/m0/s1. The molecule has 1 N–H and O–H groups in total. The first-order valence-corrected chi connectivity index (χ1v) is 13.9. The third kappa shape index (κ3) is 4.32. The van der Waals surface area contributed by atoms with E-state index in [0.29, 0.717) is 18.1 Å². The Labute approximate surface area is 225 Å². The van der Waals surface area contributed by atoms with Crippen LogP contribution in [-0.2, 0) is 13.0 Å². The van der Waals surface area contributed by atoms with Crippen LogP contribution in [0.15, 0.2) is 115 Å². The van der Waals surface area contributed by atoms with Gasteiger partial charge in [0.05, 0.1) is 11.6 Å². The number of pyridine rings is 1. The highest BCUT2D eigenvalue weighted by Gasteiger charge is 2.39. The molecular formula is C35H33N3. The number of para-hydroxylation sites is 1. The summed E-state index contributed by atoms with van der Waals surface area (Å²) in [4.78, 5) is 7.36. The quantitative estimate of drug-likeness (QED) is 0.271. The van der Waals surface area contributed by atoms with Gasteiger partial charge in [-0.1, -0.05) is 97.1 Å². The maximum absolute atomic E-state index is 4.55. The molecule has 2 aliphatic rings. The van der Waals surface area contributed by atoms with Crippen molar-refractivity contribution >= 4 is 10.9 Å². The van der Waals surface area contributed by atoms with Gasteiger partial charge in [0.2, 0.25) is 0 Å². The van der Waals surface area contributed by atoms with Gasteiger partial charge in [-0.3, -0.25) is 9.88 Å². The Morgan fingerprint density at radius 1 is 0.737 bits per heavy atom. The number of benzene rings is 4. The van der Waals surface area contributed by atoms with Gasteiger partial charge in [0.15, 0.2) is 0 Å². The summed E-state index contributed by atoms with van der Waals surface area (Å²) in [5.74, 6) is 0. The molecule has 0 saturated carbocycles. The number of nitrogens with zero attached hydrogens (tertiary/aromatic N) is 2. The molecule has 1 fully saturated rings. The number of piperidine rings is 1. The molecule has 2 atom stereocenters. The van der Waals surface area contributed by atoms with Gasteiger partial charge < -0.3 is 5.32 Å². The Bertz CT molecular complexity index is 1510. The van der Waals surface area contributed by atoms with Gasteiger partial charge in [0.1, 0.15) is 0 Å². The molecule has 0 bridgehead atoms. The van der Waals surface area contributed by atoms with E-state index in [-0.39, 0.29) is 0 Å². The molecule has 0 amide bonds. The van der Waals surface area contributed by atoms with E-state index in [1.54, 1.807) is 0 Å². The molecule has 0 unspecified atom stereocenters. The zero-order chi connectivity index (χ0) is 25.3. The number of rotatable bonds is 6. The normalized spacial score (nSPS) is 19.4. The summed E-state index contributed by atoms with van der Waals surface area (Å²) in [5, 5.41) is 5.19. The van der Waals surface area contributed by atoms with Crippen LogP contribution >= 0.6 is 0 Å². The van der Waals surface area contributed by atoms with Crippen LogP contribution in [0.4, 0.5) is 0 Å². The SMILES string of the molecule is c1ccc(C[C@@H]2C[C@@H](NCc3ccnc4ccccc34)CCN2C2c3ccccc3-c3ccccc32)cc1. The molecule has 4 aromatic carbocycles. The van der Waals surface area contributed by atoms with Crippen LogP contribution < -0.4 is 5.32 Å². The van der Waals surface area contributed by atoms with Crippen LogP contribution in [0.2, 0.25) is 0 Å². The number of nitrogens with one attached hydrogen (secondary N) is 1.